The summed E-state index contributed by atoms with van der Waals surface area (Å²) in [4.78, 5) is 24.2. The van der Waals surface area contributed by atoms with Crippen LogP contribution in [0.5, 0.6) is 11.5 Å². The summed E-state index contributed by atoms with van der Waals surface area (Å²) in [6.07, 6.45) is 2.99. The highest BCUT2D eigenvalue weighted by Gasteiger charge is 2.13. The van der Waals surface area contributed by atoms with Gasteiger partial charge >= 0.3 is 5.97 Å². The van der Waals surface area contributed by atoms with Crippen LogP contribution in [0.15, 0.2) is 48.5 Å². The van der Waals surface area contributed by atoms with E-state index < -0.39 is 5.97 Å². The molecule has 0 spiro atoms. The molecule has 0 saturated carbocycles. The van der Waals surface area contributed by atoms with Crippen molar-refractivity contribution in [2.45, 2.75) is 6.92 Å². The zero-order valence-electron chi connectivity index (χ0n) is 14.9. The topological polar surface area (TPSA) is 73.9 Å². The third-order valence-electron chi connectivity index (χ3n) is 3.54. The first-order chi connectivity index (χ1) is 12.6. The Hall–Kier alpha value is -3.28. The van der Waals surface area contributed by atoms with Gasteiger partial charge in [0.25, 0.3) is 0 Å². The SMILES string of the molecule is CCOC(=O)c1ccccc1NC(=O)/C=C/c1ccc(OC)cc1OC. The van der Waals surface area contributed by atoms with Gasteiger partial charge in [-0.2, -0.15) is 0 Å². The van der Waals surface area contributed by atoms with Crippen LogP contribution in [0.25, 0.3) is 6.08 Å². The average Bonchev–Trinajstić information content (AvgIpc) is 2.66. The Kier molecular flexibility index (Phi) is 6.79. The van der Waals surface area contributed by atoms with Crippen molar-refractivity contribution in [1.82, 2.24) is 0 Å². The molecule has 0 radical (unpaired) electrons. The number of amides is 1. The Bertz CT molecular complexity index is 814. The minimum absolute atomic E-state index is 0.262. The molecule has 0 aliphatic rings. The minimum Gasteiger partial charge on any atom is -0.497 e. The zero-order chi connectivity index (χ0) is 18.9. The van der Waals surface area contributed by atoms with Gasteiger partial charge in [0.1, 0.15) is 11.5 Å². The Labute approximate surface area is 152 Å². The molecule has 0 unspecified atom stereocenters. The lowest BCUT2D eigenvalue weighted by atomic mass is 10.1. The number of esters is 1. The van der Waals surface area contributed by atoms with Gasteiger partial charge in [-0.05, 0) is 37.3 Å². The Morgan fingerprint density at radius 2 is 1.85 bits per heavy atom. The lowest BCUT2D eigenvalue weighted by Crippen LogP contribution is -2.13. The molecule has 0 aliphatic carbocycles. The number of ether oxygens (including phenoxy) is 3. The number of carbonyl (C=O) groups is 2. The molecule has 2 aromatic rings. The summed E-state index contributed by atoms with van der Waals surface area (Å²) >= 11 is 0. The molecule has 0 heterocycles. The van der Waals surface area contributed by atoms with Gasteiger partial charge in [0.2, 0.25) is 5.91 Å². The fourth-order valence-corrected chi connectivity index (χ4v) is 2.27. The Morgan fingerprint density at radius 1 is 1.08 bits per heavy atom. The minimum atomic E-state index is -0.482. The van der Waals surface area contributed by atoms with E-state index in [4.69, 9.17) is 14.2 Å². The molecule has 136 valence electrons. The molecular weight excluding hydrogens is 334 g/mol. The molecule has 0 saturated heterocycles. The number of carbonyl (C=O) groups excluding carboxylic acids is 2. The van der Waals surface area contributed by atoms with Gasteiger partial charge in [-0.25, -0.2) is 4.79 Å². The maximum Gasteiger partial charge on any atom is 0.340 e. The van der Waals surface area contributed by atoms with Crippen molar-refractivity contribution >= 4 is 23.6 Å². The number of benzene rings is 2. The van der Waals surface area contributed by atoms with Crippen LogP contribution in [-0.4, -0.2) is 32.7 Å². The van der Waals surface area contributed by atoms with E-state index in [1.165, 1.54) is 6.08 Å². The third kappa shape index (κ3) is 4.86. The number of nitrogens with one attached hydrogen (secondary N) is 1. The molecular formula is C20H21NO5. The first kappa shape index (κ1) is 19.1. The van der Waals surface area contributed by atoms with Gasteiger partial charge < -0.3 is 19.5 Å². The largest absolute Gasteiger partial charge is 0.497 e. The van der Waals surface area contributed by atoms with Crippen molar-refractivity contribution in [3.05, 3.63) is 59.7 Å². The van der Waals surface area contributed by atoms with Gasteiger partial charge in [0.15, 0.2) is 0 Å². The molecule has 0 aromatic heterocycles. The molecule has 1 amide bonds. The predicted molar refractivity (Wildman–Crippen MR) is 99.6 cm³/mol. The molecule has 0 bridgehead atoms. The van der Waals surface area contributed by atoms with E-state index in [1.807, 2.05) is 0 Å². The quantitative estimate of drug-likeness (QED) is 0.607. The van der Waals surface area contributed by atoms with E-state index in [-0.39, 0.29) is 12.5 Å². The molecule has 0 fully saturated rings. The van der Waals surface area contributed by atoms with E-state index in [9.17, 15) is 9.59 Å². The standard InChI is InChI=1S/C20H21NO5/c1-4-26-20(23)16-7-5-6-8-17(16)21-19(22)12-10-14-9-11-15(24-2)13-18(14)25-3/h5-13H,4H2,1-3H3,(H,21,22)/b12-10+. The van der Waals surface area contributed by atoms with Crippen molar-refractivity contribution in [1.29, 1.82) is 0 Å². The summed E-state index contributed by atoms with van der Waals surface area (Å²) in [5.41, 5.74) is 1.42. The van der Waals surface area contributed by atoms with Crippen LogP contribution in [0.4, 0.5) is 5.69 Å². The summed E-state index contributed by atoms with van der Waals surface area (Å²) < 4.78 is 15.4. The lowest BCUT2D eigenvalue weighted by Gasteiger charge is -2.09. The lowest BCUT2D eigenvalue weighted by molar-refractivity contribution is -0.111. The van der Waals surface area contributed by atoms with Crippen LogP contribution in [0.3, 0.4) is 0 Å². The van der Waals surface area contributed by atoms with E-state index in [0.29, 0.717) is 22.7 Å². The summed E-state index contributed by atoms with van der Waals surface area (Å²) in [6.45, 7) is 1.99. The molecule has 0 aliphatic heterocycles. The van der Waals surface area contributed by atoms with Crippen molar-refractivity contribution < 1.29 is 23.8 Å². The summed E-state index contributed by atoms with van der Waals surface area (Å²) in [5, 5.41) is 2.69. The normalized spacial score (nSPS) is 10.4. The van der Waals surface area contributed by atoms with Crippen LogP contribution in [0, 0.1) is 0 Å². The second kappa shape index (κ2) is 9.27. The van der Waals surface area contributed by atoms with Gasteiger partial charge in [-0.3, -0.25) is 4.79 Å². The van der Waals surface area contributed by atoms with Gasteiger partial charge in [0.05, 0.1) is 32.1 Å². The van der Waals surface area contributed by atoms with Gasteiger partial charge in [-0.15, -0.1) is 0 Å². The maximum atomic E-state index is 12.2. The first-order valence-corrected chi connectivity index (χ1v) is 8.06. The summed E-state index contributed by atoms with van der Waals surface area (Å²) in [6, 6.07) is 12.0. The van der Waals surface area contributed by atoms with E-state index >= 15 is 0 Å². The molecule has 6 nitrogen and oxygen atoms in total. The van der Waals surface area contributed by atoms with Crippen LogP contribution in [0.1, 0.15) is 22.8 Å². The predicted octanol–water partition coefficient (Wildman–Crippen LogP) is 3.53. The van der Waals surface area contributed by atoms with Crippen LogP contribution < -0.4 is 14.8 Å². The molecule has 1 N–H and O–H groups in total. The summed E-state index contributed by atoms with van der Waals surface area (Å²) in [5.74, 6) is 0.385. The molecule has 26 heavy (non-hydrogen) atoms. The van der Waals surface area contributed by atoms with Gasteiger partial charge in [0, 0.05) is 17.7 Å². The number of rotatable bonds is 7. The van der Waals surface area contributed by atoms with Gasteiger partial charge in [-0.1, -0.05) is 12.1 Å². The van der Waals surface area contributed by atoms with Crippen molar-refractivity contribution in [3.63, 3.8) is 0 Å². The van der Waals surface area contributed by atoms with Crippen molar-refractivity contribution in [3.8, 4) is 11.5 Å². The fourth-order valence-electron chi connectivity index (χ4n) is 2.27. The second-order valence-electron chi connectivity index (χ2n) is 5.20. The zero-order valence-corrected chi connectivity index (χ0v) is 14.9. The van der Waals surface area contributed by atoms with Crippen LogP contribution in [0.2, 0.25) is 0 Å². The molecule has 0 atom stereocenters. The highest BCUT2D eigenvalue weighted by Crippen LogP contribution is 2.25. The third-order valence-corrected chi connectivity index (χ3v) is 3.54. The van der Waals surface area contributed by atoms with E-state index in [2.05, 4.69) is 5.32 Å². The number of anilines is 1. The molecule has 6 heteroatoms. The number of methoxy groups -OCH3 is 2. The van der Waals surface area contributed by atoms with E-state index in [1.54, 1.807) is 69.7 Å². The first-order valence-electron chi connectivity index (χ1n) is 8.06. The smallest absolute Gasteiger partial charge is 0.340 e. The van der Waals surface area contributed by atoms with E-state index in [0.717, 1.165) is 5.56 Å². The highest BCUT2D eigenvalue weighted by molar-refractivity contribution is 6.06. The van der Waals surface area contributed by atoms with Crippen molar-refractivity contribution in [2.75, 3.05) is 26.1 Å². The monoisotopic (exact) mass is 355 g/mol. The number of para-hydroxylation sites is 1. The molecule has 2 rings (SSSR count). The number of hydrogen-bond acceptors (Lipinski definition) is 5. The molecule has 2 aromatic carbocycles. The second-order valence-corrected chi connectivity index (χ2v) is 5.20. The maximum absolute atomic E-state index is 12.2. The number of hydrogen-bond donors (Lipinski definition) is 1. The fraction of sp³-hybridized carbons (Fsp3) is 0.200. The van der Waals surface area contributed by atoms with Crippen molar-refractivity contribution in [2.24, 2.45) is 0 Å². The van der Waals surface area contributed by atoms with Crippen LogP contribution >= 0.6 is 0 Å². The Balaban J connectivity index is 2.15. The average molecular weight is 355 g/mol. The van der Waals surface area contributed by atoms with Crippen LogP contribution in [-0.2, 0) is 9.53 Å². The highest BCUT2D eigenvalue weighted by atomic mass is 16.5. The Morgan fingerprint density at radius 3 is 2.54 bits per heavy atom. The summed E-state index contributed by atoms with van der Waals surface area (Å²) in [7, 11) is 3.11.